The summed E-state index contributed by atoms with van der Waals surface area (Å²) in [4.78, 5) is 31.2. The average molecular weight is 499 g/mol. The van der Waals surface area contributed by atoms with Crippen molar-refractivity contribution in [1.82, 2.24) is 10.3 Å². The van der Waals surface area contributed by atoms with Crippen molar-refractivity contribution >= 4 is 11.8 Å². The maximum Gasteiger partial charge on any atom is 0.337 e. The Morgan fingerprint density at radius 1 is 1.00 bits per heavy atom. The van der Waals surface area contributed by atoms with E-state index in [0.29, 0.717) is 23.3 Å². The van der Waals surface area contributed by atoms with Crippen LogP contribution in [0.15, 0.2) is 95.6 Å². The van der Waals surface area contributed by atoms with Gasteiger partial charge in [0.05, 0.1) is 12.7 Å². The van der Waals surface area contributed by atoms with Crippen molar-refractivity contribution < 1.29 is 23.5 Å². The minimum Gasteiger partial charge on any atom is -0.497 e. The van der Waals surface area contributed by atoms with Gasteiger partial charge in [-0.15, -0.1) is 0 Å². The van der Waals surface area contributed by atoms with Gasteiger partial charge in [0.2, 0.25) is 0 Å². The summed E-state index contributed by atoms with van der Waals surface area (Å²) in [6.07, 6.45) is 4.17. The number of esters is 1. The Morgan fingerprint density at radius 3 is 2.38 bits per heavy atom. The molecule has 0 saturated heterocycles. The molecule has 0 amide bonds. The lowest BCUT2D eigenvalue weighted by atomic mass is 9.72. The fraction of sp³-hybridized carbons (Fsp3) is 0.233. The summed E-state index contributed by atoms with van der Waals surface area (Å²) in [6.45, 7) is 1.92. The fourth-order valence-electron chi connectivity index (χ4n) is 5.12. The Kier molecular flexibility index (Phi) is 6.86. The number of nitrogens with one attached hydrogen (secondary N) is 1. The number of ether oxygens (including phenoxy) is 2. The van der Waals surface area contributed by atoms with Crippen molar-refractivity contribution in [2.24, 2.45) is 0 Å². The van der Waals surface area contributed by atoms with E-state index in [-0.39, 0.29) is 30.5 Å². The Labute approximate surface area is 214 Å². The van der Waals surface area contributed by atoms with Gasteiger partial charge in [-0.25, -0.2) is 9.18 Å². The zero-order valence-corrected chi connectivity index (χ0v) is 20.7. The van der Waals surface area contributed by atoms with E-state index in [0.717, 1.165) is 28.1 Å². The predicted octanol–water partition coefficient (Wildman–Crippen LogP) is 5.33. The molecule has 0 spiro atoms. The maximum atomic E-state index is 13.6. The van der Waals surface area contributed by atoms with E-state index >= 15 is 0 Å². The van der Waals surface area contributed by atoms with Crippen molar-refractivity contribution in [3.63, 3.8) is 0 Å². The Hall–Kier alpha value is -4.26. The molecule has 0 bridgehead atoms. The van der Waals surface area contributed by atoms with Gasteiger partial charge < -0.3 is 14.8 Å². The lowest BCUT2D eigenvalue weighted by Crippen LogP contribution is -2.36. The standard InChI is InChI=1S/C30H27FN2O4/c1-18-27(30(35)37-17-19-3-9-24(36-2)10-4-19)28(21-11-13-32-14-12-21)29-25(33-18)15-22(16-26(29)34)20-5-7-23(31)8-6-20/h3-14,22,28,33H,15-17H2,1-2H3. The summed E-state index contributed by atoms with van der Waals surface area (Å²) < 4.78 is 24.4. The number of hydrogen-bond acceptors (Lipinski definition) is 6. The number of Topliss-reactive ketones (excluding diaryl/α,β-unsaturated/α-hetero) is 1. The van der Waals surface area contributed by atoms with E-state index in [2.05, 4.69) is 10.3 Å². The molecule has 2 aliphatic rings. The monoisotopic (exact) mass is 498 g/mol. The third-order valence-corrected chi connectivity index (χ3v) is 6.96. The summed E-state index contributed by atoms with van der Waals surface area (Å²) in [5.74, 6) is -0.758. The van der Waals surface area contributed by atoms with Crippen molar-refractivity contribution in [3.05, 3.63) is 118 Å². The summed E-state index contributed by atoms with van der Waals surface area (Å²) >= 11 is 0. The SMILES string of the molecule is COc1ccc(COC(=O)C2=C(C)NC3=C(C(=O)CC(c4ccc(F)cc4)C3)C2c2ccncc2)cc1. The molecule has 0 fully saturated rings. The highest BCUT2D eigenvalue weighted by Gasteiger charge is 2.41. The van der Waals surface area contributed by atoms with Crippen molar-refractivity contribution in [3.8, 4) is 5.75 Å². The van der Waals surface area contributed by atoms with Gasteiger partial charge in [0.15, 0.2) is 5.78 Å². The smallest absolute Gasteiger partial charge is 0.337 e. The number of methoxy groups -OCH3 is 1. The quantitative estimate of drug-likeness (QED) is 0.463. The van der Waals surface area contributed by atoms with Gasteiger partial charge in [0, 0.05) is 41.7 Å². The first-order valence-electron chi connectivity index (χ1n) is 12.1. The number of allylic oxidation sites excluding steroid dienone is 3. The van der Waals surface area contributed by atoms with Crippen LogP contribution in [0.4, 0.5) is 4.39 Å². The van der Waals surface area contributed by atoms with Crippen LogP contribution in [0.25, 0.3) is 0 Å². The number of dihydropyridines is 1. The number of rotatable bonds is 6. The number of aromatic nitrogens is 1. The van der Waals surface area contributed by atoms with Crippen LogP contribution in [0.3, 0.4) is 0 Å². The highest BCUT2D eigenvalue weighted by molar-refractivity contribution is 6.04. The molecule has 2 aromatic carbocycles. The first-order chi connectivity index (χ1) is 17.9. The van der Waals surface area contributed by atoms with Gasteiger partial charge in [-0.3, -0.25) is 9.78 Å². The number of benzene rings is 2. The zero-order valence-electron chi connectivity index (χ0n) is 20.7. The van der Waals surface area contributed by atoms with Gasteiger partial charge in [0.1, 0.15) is 18.2 Å². The van der Waals surface area contributed by atoms with Gasteiger partial charge in [-0.1, -0.05) is 24.3 Å². The summed E-state index contributed by atoms with van der Waals surface area (Å²) in [6, 6.07) is 17.2. The second kappa shape index (κ2) is 10.4. The first kappa shape index (κ1) is 24.4. The minimum atomic E-state index is -0.565. The van der Waals surface area contributed by atoms with Crippen molar-refractivity contribution in [2.75, 3.05) is 7.11 Å². The highest BCUT2D eigenvalue weighted by Crippen LogP contribution is 2.45. The highest BCUT2D eigenvalue weighted by atomic mass is 19.1. The van der Waals surface area contributed by atoms with Crippen LogP contribution >= 0.6 is 0 Å². The molecule has 2 heterocycles. The van der Waals surface area contributed by atoms with Crippen molar-refractivity contribution in [1.29, 1.82) is 0 Å². The van der Waals surface area contributed by atoms with E-state index in [1.807, 2.05) is 43.3 Å². The van der Waals surface area contributed by atoms with Crippen molar-refractivity contribution in [2.45, 2.75) is 38.2 Å². The van der Waals surface area contributed by atoms with Gasteiger partial charge in [-0.2, -0.15) is 0 Å². The molecule has 3 aromatic rings. The van der Waals surface area contributed by atoms with E-state index in [1.165, 1.54) is 12.1 Å². The molecule has 1 N–H and O–H groups in total. The molecular weight excluding hydrogens is 471 g/mol. The van der Waals surface area contributed by atoms with Crippen LogP contribution in [0.5, 0.6) is 5.75 Å². The van der Waals surface area contributed by atoms with E-state index in [4.69, 9.17) is 9.47 Å². The normalized spacial score (nSPS) is 19.3. The van der Waals surface area contributed by atoms with Gasteiger partial charge in [-0.05, 0) is 72.4 Å². The van der Waals surface area contributed by atoms with Gasteiger partial charge in [0.25, 0.3) is 0 Å². The summed E-state index contributed by atoms with van der Waals surface area (Å²) in [5.41, 5.74) is 4.96. The number of carbonyl (C=O) groups is 2. The third kappa shape index (κ3) is 5.03. The average Bonchev–Trinajstić information content (AvgIpc) is 2.92. The lowest BCUT2D eigenvalue weighted by molar-refractivity contribution is -0.140. The van der Waals surface area contributed by atoms with Gasteiger partial charge >= 0.3 is 5.97 Å². The number of carbonyl (C=O) groups excluding carboxylic acids is 2. The molecule has 1 aromatic heterocycles. The molecule has 0 saturated carbocycles. The van der Waals surface area contributed by atoms with Crippen LogP contribution in [-0.4, -0.2) is 23.8 Å². The molecule has 7 heteroatoms. The molecule has 1 aliphatic heterocycles. The molecule has 37 heavy (non-hydrogen) atoms. The van der Waals surface area contributed by atoms with Crippen LogP contribution in [0.1, 0.15) is 48.3 Å². The Bertz CT molecular complexity index is 1380. The molecule has 0 radical (unpaired) electrons. The Morgan fingerprint density at radius 2 is 1.70 bits per heavy atom. The Balaban J connectivity index is 1.45. The molecule has 188 valence electrons. The summed E-state index contributed by atoms with van der Waals surface area (Å²) in [5, 5.41) is 3.34. The van der Waals surface area contributed by atoms with Crippen LogP contribution in [-0.2, 0) is 20.9 Å². The number of nitrogens with zero attached hydrogens (tertiary/aromatic N) is 1. The minimum absolute atomic E-state index is 0.0437. The van der Waals surface area contributed by atoms with Crippen LogP contribution in [0, 0.1) is 5.82 Å². The fourth-order valence-corrected chi connectivity index (χ4v) is 5.12. The molecular formula is C30H27FN2O4. The maximum absolute atomic E-state index is 13.6. The molecule has 5 rings (SSSR count). The van der Waals surface area contributed by atoms with E-state index < -0.39 is 11.9 Å². The summed E-state index contributed by atoms with van der Waals surface area (Å²) in [7, 11) is 1.59. The topological polar surface area (TPSA) is 77.5 Å². The molecule has 1 aliphatic carbocycles. The van der Waals surface area contributed by atoms with Crippen LogP contribution < -0.4 is 10.1 Å². The zero-order chi connectivity index (χ0) is 25.9. The van der Waals surface area contributed by atoms with Crippen LogP contribution in [0.2, 0.25) is 0 Å². The predicted molar refractivity (Wildman–Crippen MR) is 136 cm³/mol. The second-order valence-corrected chi connectivity index (χ2v) is 9.27. The molecule has 6 nitrogen and oxygen atoms in total. The largest absolute Gasteiger partial charge is 0.497 e. The number of pyridine rings is 1. The number of hydrogen-bond donors (Lipinski definition) is 1. The molecule has 2 atom stereocenters. The first-order valence-corrected chi connectivity index (χ1v) is 12.1. The third-order valence-electron chi connectivity index (χ3n) is 6.96. The van der Waals surface area contributed by atoms with E-state index in [1.54, 1.807) is 31.6 Å². The van der Waals surface area contributed by atoms with E-state index in [9.17, 15) is 14.0 Å². The number of ketones is 1. The lowest BCUT2D eigenvalue weighted by Gasteiger charge is -2.36. The second-order valence-electron chi connectivity index (χ2n) is 9.27. The number of halogens is 1. The molecule has 2 unspecified atom stereocenters.